The molecule has 72 heavy (non-hydrogen) atoms. The van der Waals surface area contributed by atoms with Crippen LogP contribution in [0.15, 0.2) is 207 Å². The quantitative estimate of drug-likeness (QED) is 0.133. The molecule has 0 fully saturated rings. The number of para-hydroxylation sites is 2. The van der Waals surface area contributed by atoms with Crippen molar-refractivity contribution in [2.75, 3.05) is 0 Å². The fourth-order valence-electron chi connectivity index (χ4n) is 9.72. The Bertz CT molecular complexity index is 4170. The van der Waals surface area contributed by atoms with Crippen molar-refractivity contribution in [2.45, 2.75) is 0 Å². The third-order valence-corrected chi connectivity index (χ3v) is 13.2. The standard InChI is InChI=1S/C60H34N12/c1-7-47(53-49(9-1)63-29-31-65-53)59-70-58(71-60(72-59)48-8-2-10-50-54(48)66-32-30-64-50)46-26-22-38-19-23-43-45(25-21-37-20-24-44(46)52(38)51(37)43)57-68-55(39-15-11-35(12-16-39)41-5-3-27-61-33-41)67-56(69-57)40-17-13-36(14-18-40)42-6-4-28-62-34-42/h1-34H. The van der Waals surface area contributed by atoms with Crippen LogP contribution in [0.25, 0.3) is 145 Å². The first-order valence-electron chi connectivity index (χ1n) is 23.3. The zero-order valence-corrected chi connectivity index (χ0v) is 38.0. The summed E-state index contributed by atoms with van der Waals surface area (Å²) in [6, 6.07) is 53.4. The first kappa shape index (κ1) is 40.8. The molecule has 0 saturated carbocycles. The number of hydrogen-bond donors (Lipinski definition) is 0. The smallest absolute Gasteiger partial charge is 0.166 e. The minimum atomic E-state index is 0.467. The zero-order valence-electron chi connectivity index (χ0n) is 38.0. The molecular weight excluding hydrogens is 889 g/mol. The molecule has 0 unspecified atom stereocenters. The number of aromatic nitrogens is 12. The highest BCUT2D eigenvalue weighted by Gasteiger charge is 2.22. The highest BCUT2D eigenvalue weighted by atomic mass is 15.0. The van der Waals surface area contributed by atoms with Gasteiger partial charge < -0.3 is 0 Å². The van der Waals surface area contributed by atoms with E-state index in [0.717, 1.165) is 99.0 Å². The largest absolute Gasteiger partial charge is 0.264 e. The van der Waals surface area contributed by atoms with Gasteiger partial charge in [-0.1, -0.05) is 109 Å². The summed E-state index contributed by atoms with van der Waals surface area (Å²) in [6.45, 7) is 0. The molecule has 0 aliphatic heterocycles. The molecule has 0 saturated heterocycles. The lowest BCUT2D eigenvalue weighted by Crippen LogP contribution is -2.02. The second-order valence-corrected chi connectivity index (χ2v) is 17.4. The van der Waals surface area contributed by atoms with Crippen molar-refractivity contribution in [1.82, 2.24) is 59.8 Å². The molecule has 12 nitrogen and oxygen atoms in total. The topological polar surface area (TPSA) is 155 Å². The highest BCUT2D eigenvalue weighted by molar-refractivity contribution is 6.27. The molecule has 334 valence electrons. The number of pyridine rings is 2. The summed E-state index contributed by atoms with van der Waals surface area (Å²) >= 11 is 0. The van der Waals surface area contributed by atoms with Crippen molar-refractivity contribution < 1.29 is 0 Å². The van der Waals surface area contributed by atoms with E-state index in [1.165, 1.54) is 0 Å². The Morgan fingerprint density at radius 2 is 0.639 bits per heavy atom. The molecule has 14 aromatic rings. The van der Waals surface area contributed by atoms with Gasteiger partial charge in [0, 0.05) is 83.0 Å². The minimum absolute atomic E-state index is 0.467. The van der Waals surface area contributed by atoms with Crippen LogP contribution in [0.5, 0.6) is 0 Å². The lowest BCUT2D eigenvalue weighted by Gasteiger charge is -2.17. The fourth-order valence-corrected chi connectivity index (χ4v) is 9.72. The van der Waals surface area contributed by atoms with Crippen molar-refractivity contribution in [3.8, 4) is 90.6 Å². The van der Waals surface area contributed by atoms with Crippen LogP contribution < -0.4 is 0 Å². The SMILES string of the molecule is c1cncc(-c2ccc(-c3nc(-c4ccc(-c5cccnc5)cc4)nc(-c4ccc5ccc6c(-c7nc(-c8cccc9nccnc89)nc(-c8cccc9nccnc89)n7)ccc7ccc4c5c76)n3)cc2)c1. The van der Waals surface area contributed by atoms with Gasteiger partial charge in [-0.3, -0.25) is 29.9 Å². The van der Waals surface area contributed by atoms with E-state index in [1.54, 1.807) is 37.2 Å². The maximum atomic E-state index is 5.25. The number of rotatable bonds is 8. The van der Waals surface area contributed by atoms with Crippen LogP contribution in [0.2, 0.25) is 0 Å². The van der Waals surface area contributed by atoms with Gasteiger partial charge >= 0.3 is 0 Å². The highest BCUT2D eigenvalue weighted by Crippen LogP contribution is 2.43. The third-order valence-electron chi connectivity index (χ3n) is 13.2. The minimum Gasteiger partial charge on any atom is -0.264 e. The molecule has 0 N–H and O–H groups in total. The average Bonchev–Trinajstić information content (AvgIpc) is 3.46. The second-order valence-electron chi connectivity index (χ2n) is 17.4. The van der Waals surface area contributed by atoms with E-state index < -0.39 is 0 Å². The molecule has 0 bridgehead atoms. The summed E-state index contributed by atoms with van der Waals surface area (Å²) in [7, 11) is 0. The number of nitrogens with zero attached hydrogens (tertiary/aromatic N) is 12. The molecule has 0 aliphatic rings. The molecule has 8 aromatic carbocycles. The third kappa shape index (κ3) is 7.01. The summed E-state index contributed by atoms with van der Waals surface area (Å²) in [5, 5.41) is 6.30. The van der Waals surface area contributed by atoms with Gasteiger partial charge in [-0.2, -0.15) is 0 Å². The first-order valence-corrected chi connectivity index (χ1v) is 23.3. The van der Waals surface area contributed by atoms with Gasteiger partial charge in [0.2, 0.25) is 0 Å². The van der Waals surface area contributed by atoms with E-state index in [4.69, 9.17) is 39.9 Å². The molecule has 0 atom stereocenters. The van der Waals surface area contributed by atoms with Crippen LogP contribution in [0.4, 0.5) is 0 Å². The van der Waals surface area contributed by atoms with Gasteiger partial charge in [-0.15, -0.1) is 0 Å². The van der Waals surface area contributed by atoms with Crippen molar-refractivity contribution in [2.24, 2.45) is 0 Å². The molecule has 0 radical (unpaired) electrons. The van der Waals surface area contributed by atoms with Crippen molar-refractivity contribution >= 4 is 54.4 Å². The van der Waals surface area contributed by atoms with Gasteiger partial charge in [0.05, 0.1) is 22.1 Å². The van der Waals surface area contributed by atoms with Gasteiger partial charge in [-0.05, 0) is 103 Å². The lowest BCUT2D eigenvalue weighted by molar-refractivity contribution is 1.08. The number of benzene rings is 8. The molecule has 0 amide bonds. The van der Waals surface area contributed by atoms with E-state index in [2.05, 4.69) is 129 Å². The molecule has 14 rings (SSSR count). The Labute approximate surface area is 410 Å². The first-order chi connectivity index (χ1) is 35.7. The van der Waals surface area contributed by atoms with Crippen LogP contribution in [-0.4, -0.2) is 59.8 Å². The van der Waals surface area contributed by atoms with E-state index in [0.29, 0.717) is 46.0 Å². The van der Waals surface area contributed by atoms with Crippen LogP contribution in [0.3, 0.4) is 0 Å². The Balaban J connectivity index is 0.953. The van der Waals surface area contributed by atoms with E-state index in [-0.39, 0.29) is 0 Å². The van der Waals surface area contributed by atoms with E-state index >= 15 is 0 Å². The van der Waals surface area contributed by atoms with E-state index in [9.17, 15) is 0 Å². The molecule has 6 heterocycles. The van der Waals surface area contributed by atoms with E-state index in [1.807, 2.05) is 60.9 Å². The van der Waals surface area contributed by atoms with Crippen molar-refractivity contribution in [3.05, 3.63) is 207 Å². The Morgan fingerprint density at radius 3 is 1.08 bits per heavy atom. The second kappa shape index (κ2) is 16.8. The lowest BCUT2D eigenvalue weighted by atomic mass is 9.89. The maximum absolute atomic E-state index is 5.25. The van der Waals surface area contributed by atoms with Crippen LogP contribution in [-0.2, 0) is 0 Å². The fraction of sp³-hybridized carbons (Fsp3) is 0. The molecule has 6 aromatic heterocycles. The number of fused-ring (bicyclic) bond motifs is 2. The zero-order chi connectivity index (χ0) is 47.5. The molecule has 0 aliphatic carbocycles. The van der Waals surface area contributed by atoms with Crippen LogP contribution >= 0.6 is 0 Å². The molecule has 12 heteroatoms. The van der Waals surface area contributed by atoms with Gasteiger partial charge in [0.1, 0.15) is 0 Å². The molecule has 0 spiro atoms. The predicted octanol–water partition coefficient (Wildman–Crippen LogP) is 13.0. The van der Waals surface area contributed by atoms with Gasteiger partial charge in [-0.25, -0.2) is 29.9 Å². The monoisotopic (exact) mass is 922 g/mol. The van der Waals surface area contributed by atoms with Crippen molar-refractivity contribution in [3.63, 3.8) is 0 Å². The van der Waals surface area contributed by atoms with Crippen LogP contribution in [0.1, 0.15) is 0 Å². The summed E-state index contributed by atoms with van der Waals surface area (Å²) in [5.41, 5.74) is 12.0. The maximum Gasteiger partial charge on any atom is 0.166 e. The van der Waals surface area contributed by atoms with Gasteiger partial charge in [0.25, 0.3) is 0 Å². The van der Waals surface area contributed by atoms with Crippen LogP contribution in [0, 0.1) is 0 Å². The average molecular weight is 923 g/mol. The summed E-state index contributed by atoms with van der Waals surface area (Å²) in [6.07, 6.45) is 14.0. The van der Waals surface area contributed by atoms with Gasteiger partial charge in [0.15, 0.2) is 34.9 Å². The summed E-state index contributed by atoms with van der Waals surface area (Å²) < 4.78 is 0. The predicted molar refractivity (Wildman–Crippen MR) is 282 cm³/mol. The normalized spacial score (nSPS) is 11.6. The molecular formula is C60H34N12. The Hall–Kier alpha value is -10.2. The van der Waals surface area contributed by atoms with Crippen molar-refractivity contribution in [1.29, 1.82) is 0 Å². The Kier molecular flexibility index (Phi) is 9.52. The number of hydrogen-bond acceptors (Lipinski definition) is 12. The summed E-state index contributed by atoms with van der Waals surface area (Å²) in [4.78, 5) is 58.5. The summed E-state index contributed by atoms with van der Waals surface area (Å²) in [5.74, 6) is 3.13. The Morgan fingerprint density at radius 1 is 0.250 bits per heavy atom.